The molecular weight excluding hydrogens is 168 g/mol. The van der Waals surface area contributed by atoms with Crippen molar-refractivity contribution in [3.63, 3.8) is 0 Å². The van der Waals surface area contributed by atoms with Crippen LogP contribution in [-0.4, -0.2) is 29.5 Å². The van der Waals surface area contributed by atoms with Gasteiger partial charge in [0.1, 0.15) is 0 Å². The van der Waals surface area contributed by atoms with E-state index < -0.39 is 0 Å². The molecule has 2 aliphatic rings. The Labute approximate surface area is 77.2 Å². The summed E-state index contributed by atoms with van der Waals surface area (Å²) in [7, 11) is 0. The molecule has 2 aliphatic heterocycles. The summed E-state index contributed by atoms with van der Waals surface area (Å²) in [5.74, 6) is 1.99. The van der Waals surface area contributed by atoms with Crippen LogP contribution in [0.3, 0.4) is 0 Å². The van der Waals surface area contributed by atoms with Gasteiger partial charge in [-0.05, 0) is 12.8 Å². The van der Waals surface area contributed by atoms with Crippen LogP contribution in [-0.2, 0) is 0 Å². The lowest BCUT2D eigenvalue weighted by Gasteiger charge is -2.18. The average Bonchev–Trinajstić information content (AvgIpc) is 2.74. The van der Waals surface area contributed by atoms with Crippen LogP contribution in [0.5, 0.6) is 0 Å². The summed E-state index contributed by atoms with van der Waals surface area (Å²) < 4.78 is 0. The maximum Gasteiger partial charge on any atom is 0.0974 e. The maximum atomic E-state index is 8.85. The zero-order chi connectivity index (χ0) is 8.39. The van der Waals surface area contributed by atoms with Crippen LogP contribution in [0.2, 0.25) is 0 Å². The zero-order valence-corrected chi connectivity index (χ0v) is 7.86. The van der Waals surface area contributed by atoms with Crippen LogP contribution in [0.15, 0.2) is 11.3 Å². The Morgan fingerprint density at radius 2 is 2.00 bits per heavy atom. The van der Waals surface area contributed by atoms with Gasteiger partial charge in [-0.25, -0.2) is 0 Å². The Balaban J connectivity index is 2.15. The number of thioether (sulfide) groups is 1. The van der Waals surface area contributed by atoms with E-state index in [0.29, 0.717) is 0 Å². The molecule has 0 N–H and O–H groups in total. The van der Waals surface area contributed by atoms with Crippen LogP contribution < -0.4 is 0 Å². The Morgan fingerprint density at radius 1 is 1.25 bits per heavy atom. The van der Waals surface area contributed by atoms with E-state index in [4.69, 9.17) is 5.26 Å². The van der Waals surface area contributed by atoms with Crippen molar-refractivity contribution < 1.29 is 0 Å². The molecule has 2 nitrogen and oxygen atoms in total. The van der Waals surface area contributed by atoms with Gasteiger partial charge in [0.15, 0.2) is 0 Å². The van der Waals surface area contributed by atoms with Gasteiger partial charge in [-0.3, -0.25) is 0 Å². The van der Waals surface area contributed by atoms with Crippen LogP contribution >= 0.6 is 11.8 Å². The number of likely N-dealkylation sites (tertiary alicyclic amines) is 1. The fourth-order valence-corrected chi connectivity index (χ4v) is 2.87. The predicted octanol–water partition coefficient (Wildman–Crippen LogP) is 1.61. The van der Waals surface area contributed by atoms with Crippen molar-refractivity contribution in [1.29, 1.82) is 5.26 Å². The molecule has 0 aromatic heterocycles. The molecule has 0 atom stereocenters. The normalized spacial score (nSPS) is 23.4. The number of rotatable bonds is 1. The molecule has 0 aromatic carbocycles. The molecule has 0 amide bonds. The largest absolute Gasteiger partial charge is 0.373 e. The first-order chi connectivity index (χ1) is 5.92. The Hall–Kier alpha value is -0.620. The van der Waals surface area contributed by atoms with Gasteiger partial charge in [-0.2, -0.15) is 5.26 Å². The van der Waals surface area contributed by atoms with Gasteiger partial charge >= 0.3 is 0 Å². The van der Waals surface area contributed by atoms with E-state index in [2.05, 4.69) is 11.0 Å². The highest BCUT2D eigenvalue weighted by Gasteiger charge is 2.22. The molecule has 2 rings (SSSR count). The van der Waals surface area contributed by atoms with Crippen molar-refractivity contribution in [2.75, 3.05) is 24.6 Å². The average molecular weight is 180 g/mol. The van der Waals surface area contributed by atoms with Crippen molar-refractivity contribution in [2.45, 2.75) is 12.8 Å². The molecule has 0 aromatic rings. The van der Waals surface area contributed by atoms with Crippen molar-refractivity contribution in [2.24, 2.45) is 0 Å². The van der Waals surface area contributed by atoms with Crippen molar-refractivity contribution >= 4 is 11.8 Å². The second-order valence-electron chi connectivity index (χ2n) is 3.22. The molecule has 2 heterocycles. The fourth-order valence-electron chi connectivity index (χ4n) is 1.79. The standard InChI is InChI=1S/C9H12N2S/c10-5-8-6-12-7-9(8)11-3-1-2-4-11/h1-4,6-7H2. The van der Waals surface area contributed by atoms with Crippen LogP contribution in [0.1, 0.15) is 12.8 Å². The lowest BCUT2D eigenvalue weighted by molar-refractivity contribution is 0.428. The third kappa shape index (κ3) is 1.32. The highest BCUT2D eigenvalue weighted by molar-refractivity contribution is 7.99. The number of nitriles is 1. The third-order valence-electron chi connectivity index (χ3n) is 2.46. The van der Waals surface area contributed by atoms with Crippen molar-refractivity contribution in [3.8, 4) is 6.07 Å². The summed E-state index contributed by atoms with van der Waals surface area (Å²) >= 11 is 1.86. The summed E-state index contributed by atoms with van der Waals surface area (Å²) in [5, 5.41) is 8.85. The summed E-state index contributed by atoms with van der Waals surface area (Å²) in [6.07, 6.45) is 2.60. The Morgan fingerprint density at radius 3 is 2.67 bits per heavy atom. The van der Waals surface area contributed by atoms with Crippen molar-refractivity contribution in [1.82, 2.24) is 4.90 Å². The molecule has 0 bridgehead atoms. The van der Waals surface area contributed by atoms with E-state index in [0.717, 1.165) is 17.1 Å². The molecule has 64 valence electrons. The fraction of sp³-hybridized carbons (Fsp3) is 0.667. The van der Waals surface area contributed by atoms with E-state index in [1.165, 1.54) is 31.6 Å². The Bertz CT molecular complexity index is 246. The van der Waals surface area contributed by atoms with Crippen LogP contribution in [0.4, 0.5) is 0 Å². The highest BCUT2D eigenvalue weighted by Crippen LogP contribution is 2.28. The second kappa shape index (κ2) is 3.40. The predicted molar refractivity (Wildman–Crippen MR) is 50.8 cm³/mol. The quantitative estimate of drug-likeness (QED) is 0.613. The van der Waals surface area contributed by atoms with Gasteiger partial charge in [-0.15, -0.1) is 11.8 Å². The lowest BCUT2D eigenvalue weighted by Crippen LogP contribution is -2.19. The van der Waals surface area contributed by atoms with E-state index in [-0.39, 0.29) is 0 Å². The zero-order valence-electron chi connectivity index (χ0n) is 7.05. The number of hydrogen-bond acceptors (Lipinski definition) is 3. The topological polar surface area (TPSA) is 27.0 Å². The molecule has 1 fully saturated rings. The minimum atomic E-state index is 0.933. The molecule has 0 unspecified atom stereocenters. The summed E-state index contributed by atoms with van der Waals surface area (Å²) in [4.78, 5) is 2.39. The Kier molecular flexibility index (Phi) is 2.27. The monoisotopic (exact) mass is 180 g/mol. The van der Waals surface area contributed by atoms with E-state index >= 15 is 0 Å². The summed E-state index contributed by atoms with van der Waals surface area (Å²) in [5.41, 5.74) is 2.34. The highest BCUT2D eigenvalue weighted by atomic mass is 32.2. The molecule has 0 radical (unpaired) electrons. The van der Waals surface area contributed by atoms with E-state index in [1.807, 2.05) is 11.8 Å². The van der Waals surface area contributed by atoms with Crippen molar-refractivity contribution in [3.05, 3.63) is 11.3 Å². The maximum absolute atomic E-state index is 8.85. The molecular formula is C9H12N2S. The lowest BCUT2D eigenvalue weighted by atomic mass is 10.2. The van der Waals surface area contributed by atoms with Gasteiger partial charge in [0, 0.05) is 30.3 Å². The number of hydrogen-bond donors (Lipinski definition) is 0. The first-order valence-corrected chi connectivity index (χ1v) is 5.52. The minimum Gasteiger partial charge on any atom is -0.373 e. The van der Waals surface area contributed by atoms with Gasteiger partial charge in [0.25, 0.3) is 0 Å². The summed E-state index contributed by atoms with van der Waals surface area (Å²) in [6, 6.07) is 2.31. The van der Waals surface area contributed by atoms with E-state index in [1.54, 1.807) is 0 Å². The smallest absolute Gasteiger partial charge is 0.0974 e. The minimum absolute atomic E-state index is 0.933. The van der Waals surface area contributed by atoms with Gasteiger partial charge < -0.3 is 4.90 Å². The first kappa shape index (κ1) is 8.00. The molecule has 0 saturated carbocycles. The number of nitrogens with zero attached hydrogens (tertiary/aromatic N) is 2. The van der Waals surface area contributed by atoms with Crippen LogP contribution in [0, 0.1) is 11.3 Å². The van der Waals surface area contributed by atoms with Gasteiger partial charge in [-0.1, -0.05) is 0 Å². The third-order valence-corrected chi connectivity index (χ3v) is 3.43. The molecule has 0 spiro atoms. The van der Waals surface area contributed by atoms with Crippen LogP contribution in [0.25, 0.3) is 0 Å². The van der Waals surface area contributed by atoms with Gasteiger partial charge in [0.05, 0.1) is 11.6 Å². The molecule has 12 heavy (non-hydrogen) atoms. The SMILES string of the molecule is N#CC1=C(N2CCCC2)CSC1. The van der Waals surface area contributed by atoms with E-state index in [9.17, 15) is 0 Å². The summed E-state index contributed by atoms with van der Waals surface area (Å²) in [6.45, 7) is 2.34. The van der Waals surface area contributed by atoms with Gasteiger partial charge in [0.2, 0.25) is 0 Å². The second-order valence-corrected chi connectivity index (χ2v) is 4.21. The molecule has 1 saturated heterocycles. The first-order valence-electron chi connectivity index (χ1n) is 4.36. The molecule has 0 aliphatic carbocycles. The molecule has 3 heteroatoms.